The number of sulfonamides is 1. The highest BCUT2D eigenvalue weighted by atomic mass is 32.2. The molecule has 1 aromatic rings. The molecule has 0 radical (unpaired) electrons. The number of hydrogen-bond acceptors (Lipinski definition) is 5. The van der Waals surface area contributed by atoms with Crippen LogP contribution in [-0.2, 0) is 10.0 Å². The lowest BCUT2D eigenvalue weighted by atomic mass is 10.3. The second-order valence-electron chi connectivity index (χ2n) is 4.82. The van der Waals surface area contributed by atoms with E-state index in [9.17, 15) is 8.42 Å². The highest BCUT2D eigenvalue weighted by Gasteiger charge is 2.16. The lowest BCUT2D eigenvalue weighted by Gasteiger charge is -2.14. The largest absolute Gasteiger partial charge is 0.384 e. The van der Waals surface area contributed by atoms with Crippen LogP contribution in [0.1, 0.15) is 18.4 Å². The summed E-state index contributed by atoms with van der Waals surface area (Å²) in [6, 6.07) is 1.45. The summed E-state index contributed by atoms with van der Waals surface area (Å²) in [5, 5.41) is 8.65. The van der Waals surface area contributed by atoms with Gasteiger partial charge in [0.05, 0.1) is 0 Å². The zero-order valence-electron chi connectivity index (χ0n) is 11.7. The minimum Gasteiger partial charge on any atom is -0.384 e. The molecule has 2 heterocycles. The van der Waals surface area contributed by atoms with Gasteiger partial charge in [0.2, 0.25) is 10.0 Å². The van der Waals surface area contributed by atoms with Gasteiger partial charge in [-0.2, -0.15) is 0 Å². The van der Waals surface area contributed by atoms with E-state index in [4.69, 9.17) is 5.11 Å². The molecule has 2 N–H and O–H groups in total. The molecule has 0 bridgehead atoms. The van der Waals surface area contributed by atoms with Crippen molar-refractivity contribution in [1.82, 2.24) is 14.6 Å². The fourth-order valence-electron chi connectivity index (χ4n) is 2.20. The topological polar surface area (TPSA) is 82.5 Å². The minimum absolute atomic E-state index is 0.0914. The molecule has 1 aliphatic heterocycles. The maximum Gasteiger partial charge on any atom is 0.242 e. The van der Waals surface area contributed by atoms with Gasteiger partial charge in [0.1, 0.15) is 11.5 Å². The molecular formula is C14H19N3O3S. The van der Waals surface area contributed by atoms with Gasteiger partial charge in [0.15, 0.2) is 0 Å². The first-order valence-electron chi connectivity index (χ1n) is 6.88. The molecule has 2 rings (SSSR count). The fraction of sp³-hybridized carbons (Fsp3) is 0.500. The minimum atomic E-state index is -3.57. The smallest absolute Gasteiger partial charge is 0.242 e. The van der Waals surface area contributed by atoms with Gasteiger partial charge in [0.25, 0.3) is 0 Å². The first-order valence-corrected chi connectivity index (χ1v) is 8.37. The molecule has 1 fully saturated rings. The van der Waals surface area contributed by atoms with E-state index in [0.29, 0.717) is 12.1 Å². The van der Waals surface area contributed by atoms with Crippen LogP contribution in [0.25, 0.3) is 0 Å². The molecule has 0 amide bonds. The third-order valence-electron chi connectivity index (χ3n) is 3.25. The Morgan fingerprint density at radius 3 is 2.81 bits per heavy atom. The van der Waals surface area contributed by atoms with Gasteiger partial charge in [-0.15, -0.1) is 0 Å². The lowest BCUT2D eigenvalue weighted by Crippen LogP contribution is -2.33. The molecule has 0 aromatic carbocycles. The number of aliphatic hydroxyl groups is 1. The highest BCUT2D eigenvalue weighted by molar-refractivity contribution is 7.89. The van der Waals surface area contributed by atoms with Gasteiger partial charge >= 0.3 is 0 Å². The third-order valence-corrected chi connectivity index (χ3v) is 4.68. The van der Waals surface area contributed by atoms with Crippen molar-refractivity contribution in [2.45, 2.75) is 17.7 Å². The van der Waals surface area contributed by atoms with E-state index in [2.05, 4.69) is 26.4 Å². The number of nitrogens with one attached hydrogen (secondary N) is 1. The van der Waals surface area contributed by atoms with Crippen LogP contribution in [0.15, 0.2) is 23.4 Å². The van der Waals surface area contributed by atoms with E-state index in [1.807, 2.05) is 0 Å². The van der Waals surface area contributed by atoms with Crippen molar-refractivity contribution in [3.63, 3.8) is 0 Å². The zero-order chi connectivity index (χ0) is 15.1. The first kappa shape index (κ1) is 15.9. The molecule has 0 spiro atoms. The molecule has 6 nitrogen and oxygen atoms in total. The van der Waals surface area contributed by atoms with Gasteiger partial charge in [-0.05, 0) is 32.0 Å². The van der Waals surface area contributed by atoms with E-state index < -0.39 is 10.0 Å². The van der Waals surface area contributed by atoms with Gasteiger partial charge in [-0.1, -0.05) is 11.8 Å². The van der Waals surface area contributed by atoms with Gasteiger partial charge < -0.3 is 10.0 Å². The monoisotopic (exact) mass is 309 g/mol. The summed E-state index contributed by atoms with van der Waals surface area (Å²) in [4.78, 5) is 6.21. The number of likely N-dealkylation sites (tertiary alicyclic amines) is 1. The Labute approximate surface area is 125 Å². The maximum atomic E-state index is 12.2. The summed E-state index contributed by atoms with van der Waals surface area (Å²) in [6.07, 6.45) is 5.12. The Morgan fingerprint density at radius 2 is 2.10 bits per heavy atom. The van der Waals surface area contributed by atoms with E-state index in [-0.39, 0.29) is 11.5 Å². The predicted octanol–water partition coefficient (Wildman–Crippen LogP) is -0.201. The van der Waals surface area contributed by atoms with Gasteiger partial charge in [0, 0.05) is 31.0 Å². The number of nitrogens with zero attached hydrogens (tertiary/aromatic N) is 2. The van der Waals surface area contributed by atoms with Crippen molar-refractivity contribution in [2.24, 2.45) is 0 Å². The van der Waals surface area contributed by atoms with Crippen molar-refractivity contribution in [3.05, 3.63) is 24.0 Å². The van der Waals surface area contributed by atoms with E-state index >= 15 is 0 Å². The molecule has 0 unspecified atom stereocenters. The van der Waals surface area contributed by atoms with Crippen LogP contribution in [0, 0.1) is 11.8 Å². The molecule has 0 atom stereocenters. The van der Waals surface area contributed by atoms with Crippen LogP contribution in [0.3, 0.4) is 0 Å². The summed E-state index contributed by atoms with van der Waals surface area (Å²) in [6.45, 7) is 2.90. The van der Waals surface area contributed by atoms with Crippen LogP contribution in [0.4, 0.5) is 0 Å². The van der Waals surface area contributed by atoms with Crippen LogP contribution in [0.5, 0.6) is 0 Å². The summed E-state index contributed by atoms with van der Waals surface area (Å²) >= 11 is 0. The summed E-state index contributed by atoms with van der Waals surface area (Å²) in [7, 11) is -3.57. The standard InChI is InChI=1S/C14H19N3O3S/c18-9-3-4-13-10-14(12-15-11-13)21(19,20)16-5-8-17-6-1-2-7-17/h10-12,16,18H,1-2,5-9H2. The number of pyridine rings is 1. The Hall–Kier alpha value is -1.46. The SMILES string of the molecule is O=S(=O)(NCCN1CCCC1)c1cncc(C#CCO)c1. The number of hydrogen-bond donors (Lipinski definition) is 2. The average molecular weight is 309 g/mol. The van der Waals surface area contributed by atoms with Crippen molar-refractivity contribution in [1.29, 1.82) is 0 Å². The van der Waals surface area contributed by atoms with Crippen molar-refractivity contribution < 1.29 is 13.5 Å². The number of aliphatic hydroxyl groups excluding tert-OH is 1. The summed E-state index contributed by atoms with van der Waals surface area (Å²) in [5.74, 6) is 5.11. The highest BCUT2D eigenvalue weighted by Crippen LogP contribution is 2.09. The molecule has 0 aliphatic carbocycles. The fourth-order valence-corrected chi connectivity index (χ4v) is 3.21. The number of aromatic nitrogens is 1. The quantitative estimate of drug-likeness (QED) is 0.736. The summed E-state index contributed by atoms with van der Waals surface area (Å²) in [5.41, 5.74) is 0.464. The Balaban J connectivity index is 1.97. The van der Waals surface area contributed by atoms with E-state index in [0.717, 1.165) is 19.6 Å². The molecule has 0 saturated carbocycles. The Kier molecular flexibility index (Phi) is 5.70. The normalized spacial score (nSPS) is 15.7. The molecule has 1 saturated heterocycles. The Bertz CT molecular complexity index is 628. The average Bonchev–Trinajstić information content (AvgIpc) is 2.98. The van der Waals surface area contributed by atoms with Gasteiger partial charge in [-0.3, -0.25) is 4.98 Å². The second kappa shape index (κ2) is 7.52. The van der Waals surface area contributed by atoms with E-state index in [1.54, 1.807) is 0 Å². The predicted molar refractivity (Wildman–Crippen MR) is 79.1 cm³/mol. The van der Waals surface area contributed by atoms with Crippen LogP contribution in [0.2, 0.25) is 0 Å². The molecule has 7 heteroatoms. The van der Waals surface area contributed by atoms with E-state index in [1.165, 1.54) is 31.3 Å². The Morgan fingerprint density at radius 1 is 1.33 bits per heavy atom. The molecule has 114 valence electrons. The van der Waals surface area contributed by atoms with Crippen molar-refractivity contribution >= 4 is 10.0 Å². The second-order valence-corrected chi connectivity index (χ2v) is 6.58. The molecule has 1 aliphatic rings. The maximum absolute atomic E-state index is 12.2. The van der Waals surface area contributed by atoms with Crippen LogP contribution < -0.4 is 4.72 Å². The summed E-state index contributed by atoms with van der Waals surface area (Å²) < 4.78 is 26.9. The molecular weight excluding hydrogens is 290 g/mol. The van der Waals surface area contributed by atoms with Crippen LogP contribution in [-0.4, -0.2) is 56.2 Å². The first-order chi connectivity index (χ1) is 10.1. The molecule has 21 heavy (non-hydrogen) atoms. The zero-order valence-corrected chi connectivity index (χ0v) is 12.6. The lowest BCUT2D eigenvalue weighted by molar-refractivity contribution is 0.344. The van der Waals surface area contributed by atoms with Crippen molar-refractivity contribution in [2.75, 3.05) is 32.8 Å². The van der Waals surface area contributed by atoms with Crippen LogP contribution >= 0.6 is 0 Å². The van der Waals surface area contributed by atoms with Crippen molar-refractivity contribution in [3.8, 4) is 11.8 Å². The number of rotatable bonds is 5. The third kappa shape index (κ3) is 4.79. The van der Waals surface area contributed by atoms with Gasteiger partial charge in [-0.25, -0.2) is 13.1 Å². The molecule has 1 aromatic heterocycles.